The summed E-state index contributed by atoms with van der Waals surface area (Å²) in [6.07, 6.45) is 0.913. The van der Waals surface area contributed by atoms with Crippen LogP contribution < -0.4 is 16.4 Å². The van der Waals surface area contributed by atoms with Crippen LogP contribution in [0.2, 0.25) is 5.02 Å². The van der Waals surface area contributed by atoms with Crippen molar-refractivity contribution >= 4 is 28.9 Å². The van der Waals surface area contributed by atoms with Gasteiger partial charge in [0.25, 0.3) is 0 Å². The third kappa shape index (κ3) is 3.35. The van der Waals surface area contributed by atoms with E-state index in [1.165, 1.54) is 5.56 Å². The summed E-state index contributed by atoms with van der Waals surface area (Å²) in [5, 5.41) is 8.42. The van der Waals surface area contributed by atoms with Crippen molar-refractivity contribution in [3.05, 3.63) is 58.6 Å². The minimum atomic E-state index is -0.0840. The lowest BCUT2D eigenvalue weighted by Gasteiger charge is -2.25. The van der Waals surface area contributed by atoms with E-state index in [1.54, 1.807) is 11.0 Å². The third-order valence-electron chi connectivity index (χ3n) is 3.31. The van der Waals surface area contributed by atoms with Gasteiger partial charge in [-0.2, -0.15) is 0 Å². The number of guanidine groups is 1. The summed E-state index contributed by atoms with van der Waals surface area (Å²) in [7, 11) is 0. The van der Waals surface area contributed by atoms with Crippen molar-refractivity contribution in [3.63, 3.8) is 0 Å². The van der Waals surface area contributed by atoms with E-state index in [2.05, 4.69) is 6.92 Å². The largest absolute Gasteiger partial charge is 0.369 e. The van der Waals surface area contributed by atoms with Gasteiger partial charge in [-0.05, 0) is 41.8 Å². The Morgan fingerprint density at radius 1 is 1.19 bits per heavy atom. The maximum absolute atomic E-state index is 7.89. The molecule has 0 saturated heterocycles. The molecule has 0 aliphatic carbocycles. The number of rotatable bonds is 4. The summed E-state index contributed by atoms with van der Waals surface area (Å²) in [4.78, 5) is 1.63. The molecule has 0 aromatic heterocycles. The van der Waals surface area contributed by atoms with Crippen LogP contribution in [0.5, 0.6) is 0 Å². The molecule has 21 heavy (non-hydrogen) atoms. The number of halogens is 1. The highest BCUT2D eigenvalue weighted by Crippen LogP contribution is 2.33. The number of nitrogens with zero attached hydrogens (tertiary/aromatic N) is 1. The standard InChI is InChI=1S/C16H19ClN4/c1-2-11-4-3-5-13(8-11)21(16(19)20)15-9-12(10-18)6-7-14(15)17/h3-9H,2,10,18H2,1H3,(H3,19,20). The maximum atomic E-state index is 7.89. The molecule has 0 aliphatic rings. The summed E-state index contributed by atoms with van der Waals surface area (Å²) in [6.45, 7) is 2.49. The highest BCUT2D eigenvalue weighted by atomic mass is 35.5. The Morgan fingerprint density at radius 3 is 2.57 bits per heavy atom. The molecule has 5 heteroatoms. The molecule has 0 spiro atoms. The van der Waals surface area contributed by atoms with Gasteiger partial charge in [0, 0.05) is 12.2 Å². The molecule has 0 saturated carbocycles. The van der Waals surface area contributed by atoms with Crippen LogP contribution in [0.15, 0.2) is 42.5 Å². The fraction of sp³-hybridized carbons (Fsp3) is 0.188. The summed E-state index contributed by atoms with van der Waals surface area (Å²) < 4.78 is 0. The van der Waals surface area contributed by atoms with Gasteiger partial charge in [-0.3, -0.25) is 10.3 Å². The quantitative estimate of drug-likeness (QED) is 0.598. The summed E-state index contributed by atoms with van der Waals surface area (Å²) >= 11 is 6.28. The molecule has 0 heterocycles. The van der Waals surface area contributed by atoms with Crippen LogP contribution in [0.25, 0.3) is 0 Å². The first kappa shape index (κ1) is 15.4. The van der Waals surface area contributed by atoms with Crippen molar-refractivity contribution in [2.75, 3.05) is 4.90 Å². The molecule has 5 N–H and O–H groups in total. The summed E-state index contributed by atoms with van der Waals surface area (Å²) in [6, 6.07) is 13.4. The molecular formula is C16H19ClN4. The minimum absolute atomic E-state index is 0.0840. The lowest BCUT2D eigenvalue weighted by atomic mass is 10.1. The highest BCUT2D eigenvalue weighted by molar-refractivity contribution is 6.34. The molecule has 2 rings (SSSR count). The van der Waals surface area contributed by atoms with E-state index in [0.717, 1.165) is 17.7 Å². The Morgan fingerprint density at radius 2 is 1.95 bits per heavy atom. The van der Waals surface area contributed by atoms with Crippen LogP contribution in [0.1, 0.15) is 18.1 Å². The summed E-state index contributed by atoms with van der Waals surface area (Å²) in [5.74, 6) is -0.0840. The lowest BCUT2D eigenvalue weighted by Crippen LogP contribution is -2.32. The normalized spacial score (nSPS) is 10.4. The molecule has 0 bridgehead atoms. The van der Waals surface area contributed by atoms with Crippen LogP contribution >= 0.6 is 11.6 Å². The van der Waals surface area contributed by atoms with Crippen LogP contribution in [-0.2, 0) is 13.0 Å². The topological polar surface area (TPSA) is 79.1 Å². The summed E-state index contributed by atoms with van der Waals surface area (Å²) in [5.41, 5.74) is 15.0. The smallest absolute Gasteiger partial charge is 0.197 e. The van der Waals surface area contributed by atoms with E-state index in [4.69, 9.17) is 28.5 Å². The molecule has 110 valence electrons. The van der Waals surface area contributed by atoms with E-state index in [-0.39, 0.29) is 5.96 Å². The number of anilines is 2. The van der Waals surface area contributed by atoms with Gasteiger partial charge in [-0.15, -0.1) is 0 Å². The molecule has 0 atom stereocenters. The zero-order valence-corrected chi connectivity index (χ0v) is 12.7. The van der Waals surface area contributed by atoms with Gasteiger partial charge in [0.1, 0.15) is 0 Å². The van der Waals surface area contributed by atoms with Crippen LogP contribution in [0.3, 0.4) is 0 Å². The van der Waals surface area contributed by atoms with Crippen LogP contribution in [-0.4, -0.2) is 5.96 Å². The van der Waals surface area contributed by atoms with Gasteiger partial charge in [-0.25, -0.2) is 0 Å². The van der Waals surface area contributed by atoms with Crippen molar-refractivity contribution in [1.29, 1.82) is 5.41 Å². The molecular weight excluding hydrogens is 284 g/mol. The molecule has 0 amide bonds. The molecule has 0 radical (unpaired) electrons. The predicted molar refractivity (Wildman–Crippen MR) is 89.2 cm³/mol. The van der Waals surface area contributed by atoms with Gasteiger partial charge in [0.2, 0.25) is 0 Å². The predicted octanol–water partition coefficient (Wildman–Crippen LogP) is 3.39. The van der Waals surface area contributed by atoms with Gasteiger partial charge < -0.3 is 11.5 Å². The van der Waals surface area contributed by atoms with Crippen LogP contribution in [0, 0.1) is 5.41 Å². The molecule has 0 unspecified atom stereocenters. The minimum Gasteiger partial charge on any atom is -0.369 e. The maximum Gasteiger partial charge on any atom is 0.197 e. The monoisotopic (exact) mass is 302 g/mol. The zero-order valence-electron chi connectivity index (χ0n) is 11.9. The molecule has 2 aromatic rings. The number of aryl methyl sites for hydroxylation is 1. The number of hydrogen-bond donors (Lipinski definition) is 3. The first-order chi connectivity index (χ1) is 10.1. The van der Waals surface area contributed by atoms with Crippen molar-refractivity contribution < 1.29 is 0 Å². The fourth-order valence-corrected chi connectivity index (χ4v) is 2.38. The number of hydrogen-bond acceptors (Lipinski definition) is 2. The average Bonchev–Trinajstić information content (AvgIpc) is 2.49. The Labute approximate surface area is 129 Å². The lowest BCUT2D eigenvalue weighted by molar-refractivity contribution is 1.07. The Hall–Kier alpha value is -2.04. The van der Waals surface area contributed by atoms with Gasteiger partial charge in [0.05, 0.1) is 10.7 Å². The first-order valence-electron chi connectivity index (χ1n) is 6.78. The number of benzene rings is 2. The van der Waals surface area contributed by atoms with Gasteiger partial charge in [0.15, 0.2) is 5.96 Å². The van der Waals surface area contributed by atoms with E-state index in [1.807, 2.05) is 36.4 Å². The van der Waals surface area contributed by atoms with Gasteiger partial charge >= 0.3 is 0 Å². The number of nitrogens with one attached hydrogen (secondary N) is 1. The van der Waals surface area contributed by atoms with Crippen molar-refractivity contribution in [3.8, 4) is 0 Å². The Balaban J connectivity index is 2.55. The second-order valence-electron chi connectivity index (χ2n) is 4.73. The van der Waals surface area contributed by atoms with Gasteiger partial charge in [-0.1, -0.05) is 36.7 Å². The van der Waals surface area contributed by atoms with Crippen LogP contribution in [0.4, 0.5) is 11.4 Å². The SMILES string of the molecule is CCc1cccc(N(C(=N)N)c2cc(CN)ccc2Cl)c1. The fourth-order valence-electron chi connectivity index (χ4n) is 2.18. The van der Waals surface area contributed by atoms with E-state index in [9.17, 15) is 0 Å². The zero-order chi connectivity index (χ0) is 15.4. The third-order valence-corrected chi connectivity index (χ3v) is 3.62. The molecule has 2 aromatic carbocycles. The Bertz CT molecular complexity index is 654. The number of nitrogens with two attached hydrogens (primary N) is 2. The van der Waals surface area contributed by atoms with E-state index >= 15 is 0 Å². The molecule has 4 nitrogen and oxygen atoms in total. The van der Waals surface area contributed by atoms with E-state index < -0.39 is 0 Å². The van der Waals surface area contributed by atoms with Crippen molar-refractivity contribution in [2.24, 2.45) is 11.5 Å². The molecule has 0 fully saturated rings. The second-order valence-corrected chi connectivity index (χ2v) is 5.14. The van der Waals surface area contributed by atoms with Crippen molar-refractivity contribution in [1.82, 2.24) is 0 Å². The van der Waals surface area contributed by atoms with E-state index in [0.29, 0.717) is 17.3 Å². The molecule has 0 aliphatic heterocycles. The Kier molecular flexibility index (Phi) is 4.83. The first-order valence-corrected chi connectivity index (χ1v) is 7.16. The average molecular weight is 303 g/mol. The second kappa shape index (κ2) is 6.61. The van der Waals surface area contributed by atoms with Crippen molar-refractivity contribution in [2.45, 2.75) is 19.9 Å². The highest BCUT2D eigenvalue weighted by Gasteiger charge is 2.16.